The van der Waals surface area contributed by atoms with Crippen molar-refractivity contribution in [2.45, 2.75) is 23.8 Å². The summed E-state index contributed by atoms with van der Waals surface area (Å²) >= 11 is 0. The minimum Gasteiger partial charge on any atom is -0.480 e. The molecule has 0 spiro atoms. The highest BCUT2D eigenvalue weighted by Crippen LogP contribution is 2.34. The molecule has 1 aromatic rings. The molecular formula is C11H11FN2O6S. The summed E-state index contributed by atoms with van der Waals surface area (Å²) in [5.41, 5.74) is -0.942. The fraction of sp³-hybridized carbons (Fsp3) is 0.364. The van der Waals surface area contributed by atoms with E-state index in [2.05, 4.69) is 0 Å². The van der Waals surface area contributed by atoms with Gasteiger partial charge in [-0.3, -0.25) is 14.9 Å². The average Bonchev–Trinajstić information content (AvgIpc) is 3.19. The van der Waals surface area contributed by atoms with E-state index in [-0.39, 0.29) is 5.92 Å². The van der Waals surface area contributed by atoms with Crippen LogP contribution in [0.5, 0.6) is 0 Å². The average molecular weight is 318 g/mol. The zero-order valence-corrected chi connectivity index (χ0v) is 11.3. The Morgan fingerprint density at radius 1 is 1.48 bits per heavy atom. The van der Waals surface area contributed by atoms with E-state index in [0.717, 1.165) is 12.1 Å². The molecule has 1 aliphatic rings. The van der Waals surface area contributed by atoms with Gasteiger partial charge in [-0.25, -0.2) is 12.8 Å². The summed E-state index contributed by atoms with van der Waals surface area (Å²) in [6.07, 6.45) is 1.12. The van der Waals surface area contributed by atoms with E-state index in [4.69, 9.17) is 5.11 Å². The maximum atomic E-state index is 13.0. The molecule has 0 amide bonds. The van der Waals surface area contributed by atoms with Crippen molar-refractivity contribution in [2.24, 2.45) is 5.92 Å². The summed E-state index contributed by atoms with van der Waals surface area (Å²) < 4.78 is 39.2. The summed E-state index contributed by atoms with van der Waals surface area (Å²) in [5.74, 6) is -2.65. The molecule has 0 radical (unpaired) electrons. The lowest BCUT2D eigenvalue weighted by Gasteiger charge is -2.14. The van der Waals surface area contributed by atoms with Crippen LogP contribution in [0, 0.1) is 21.8 Å². The van der Waals surface area contributed by atoms with Crippen molar-refractivity contribution in [2.75, 3.05) is 0 Å². The standard InChI is InChI=1S/C11H11FN2O6S/c12-7-3-4-9(8(5-7)14(17)18)21(19,20)13-10(11(15)16)6-1-2-6/h3-6,10,13H,1-2H2,(H,15,16). The van der Waals surface area contributed by atoms with Crippen LogP contribution in [-0.2, 0) is 14.8 Å². The lowest BCUT2D eigenvalue weighted by Crippen LogP contribution is -2.42. The monoisotopic (exact) mass is 318 g/mol. The van der Waals surface area contributed by atoms with Crippen LogP contribution in [0.3, 0.4) is 0 Å². The number of rotatable bonds is 6. The molecular weight excluding hydrogens is 307 g/mol. The highest BCUT2D eigenvalue weighted by molar-refractivity contribution is 7.89. The minimum absolute atomic E-state index is 0.336. The van der Waals surface area contributed by atoms with E-state index in [1.54, 1.807) is 0 Å². The topological polar surface area (TPSA) is 127 Å². The van der Waals surface area contributed by atoms with Crippen LogP contribution in [0.2, 0.25) is 0 Å². The quantitative estimate of drug-likeness (QED) is 0.592. The van der Waals surface area contributed by atoms with Crippen LogP contribution < -0.4 is 4.72 Å². The molecule has 10 heteroatoms. The minimum atomic E-state index is -4.44. The molecule has 1 atom stereocenters. The van der Waals surface area contributed by atoms with Crippen molar-refractivity contribution >= 4 is 21.7 Å². The Kier molecular flexibility index (Phi) is 3.92. The molecule has 1 unspecified atom stereocenters. The number of benzene rings is 1. The lowest BCUT2D eigenvalue weighted by molar-refractivity contribution is -0.388. The number of carboxylic acid groups (broad SMARTS) is 1. The highest BCUT2D eigenvalue weighted by atomic mass is 32.2. The van der Waals surface area contributed by atoms with Gasteiger partial charge in [0.25, 0.3) is 5.69 Å². The lowest BCUT2D eigenvalue weighted by atomic mass is 10.2. The van der Waals surface area contributed by atoms with Crippen molar-refractivity contribution in [1.82, 2.24) is 4.72 Å². The Bertz CT molecular complexity index is 701. The molecule has 0 saturated heterocycles. The summed E-state index contributed by atoms with van der Waals surface area (Å²) in [6, 6.07) is 0.622. The third-order valence-corrected chi connectivity index (χ3v) is 4.54. The maximum absolute atomic E-state index is 13.0. The van der Waals surface area contributed by atoms with Crippen LogP contribution >= 0.6 is 0 Å². The summed E-state index contributed by atoms with van der Waals surface area (Å²) in [6.45, 7) is 0. The number of hydrogen-bond acceptors (Lipinski definition) is 5. The van der Waals surface area contributed by atoms with E-state index in [9.17, 15) is 27.7 Å². The van der Waals surface area contributed by atoms with Crippen molar-refractivity contribution < 1.29 is 27.6 Å². The van der Waals surface area contributed by atoms with Gasteiger partial charge in [0.1, 0.15) is 11.9 Å². The van der Waals surface area contributed by atoms with E-state index >= 15 is 0 Å². The largest absolute Gasteiger partial charge is 0.480 e. The predicted molar refractivity (Wildman–Crippen MR) is 67.5 cm³/mol. The smallest absolute Gasteiger partial charge is 0.322 e. The van der Waals surface area contributed by atoms with Crippen LogP contribution in [0.25, 0.3) is 0 Å². The second-order valence-corrected chi connectivity index (χ2v) is 6.33. The summed E-state index contributed by atoms with van der Waals surface area (Å²) in [7, 11) is -4.44. The fourth-order valence-electron chi connectivity index (χ4n) is 1.87. The predicted octanol–water partition coefficient (Wildman–Crippen LogP) is 0.875. The number of nitro groups is 1. The van der Waals surface area contributed by atoms with Crippen LogP contribution in [0.15, 0.2) is 23.1 Å². The van der Waals surface area contributed by atoms with E-state index in [1.165, 1.54) is 0 Å². The molecule has 21 heavy (non-hydrogen) atoms. The first kappa shape index (κ1) is 15.3. The third-order valence-electron chi connectivity index (χ3n) is 3.05. The van der Waals surface area contributed by atoms with Gasteiger partial charge in [0.15, 0.2) is 4.90 Å². The van der Waals surface area contributed by atoms with Gasteiger partial charge in [-0.2, -0.15) is 4.72 Å². The van der Waals surface area contributed by atoms with Crippen LogP contribution in [-0.4, -0.2) is 30.5 Å². The van der Waals surface area contributed by atoms with Crippen molar-refractivity contribution in [1.29, 1.82) is 0 Å². The molecule has 0 aromatic heterocycles. The number of nitrogens with zero attached hydrogens (tertiary/aromatic N) is 1. The molecule has 2 N–H and O–H groups in total. The number of carboxylic acids is 1. The van der Waals surface area contributed by atoms with Crippen molar-refractivity contribution in [3.05, 3.63) is 34.1 Å². The number of hydrogen-bond donors (Lipinski definition) is 2. The highest BCUT2D eigenvalue weighted by Gasteiger charge is 2.40. The molecule has 1 aliphatic carbocycles. The zero-order chi connectivity index (χ0) is 15.8. The Labute approximate surface area is 118 Å². The number of nitrogens with one attached hydrogen (secondary N) is 1. The summed E-state index contributed by atoms with van der Waals surface area (Å²) in [4.78, 5) is 20.1. The first-order valence-electron chi connectivity index (χ1n) is 5.91. The van der Waals surface area contributed by atoms with Gasteiger partial charge in [0, 0.05) is 0 Å². The number of halogens is 1. The second kappa shape index (κ2) is 5.37. The Morgan fingerprint density at radius 3 is 2.57 bits per heavy atom. The first-order valence-corrected chi connectivity index (χ1v) is 7.40. The van der Waals surface area contributed by atoms with E-state index < -0.39 is 43.4 Å². The third kappa shape index (κ3) is 3.34. The number of aliphatic carboxylic acids is 1. The van der Waals surface area contributed by atoms with Gasteiger partial charge >= 0.3 is 5.97 Å². The van der Waals surface area contributed by atoms with Gasteiger partial charge in [-0.05, 0) is 30.9 Å². The Morgan fingerprint density at radius 2 is 2.10 bits per heavy atom. The molecule has 2 rings (SSSR count). The van der Waals surface area contributed by atoms with Gasteiger partial charge in [0.05, 0.1) is 11.0 Å². The molecule has 0 bridgehead atoms. The van der Waals surface area contributed by atoms with Gasteiger partial charge < -0.3 is 5.11 Å². The van der Waals surface area contributed by atoms with E-state index in [1.807, 2.05) is 4.72 Å². The van der Waals surface area contributed by atoms with Crippen LogP contribution in [0.4, 0.5) is 10.1 Å². The maximum Gasteiger partial charge on any atom is 0.322 e. The Balaban J connectivity index is 2.39. The van der Waals surface area contributed by atoms with Gasteiger partial charge in [-0.1, -0.05) is 0 Å². The molecule has 0 aliphatic heterocycles. The normalized spacial score (nSPS) is 16.4. The second-order valence-electron chi connectivity index (χ2n) is 4.64. The van der Waals surface area contributed by atoms with Crippen molar-refractivity contribution in [3.63, 3.8) is 0 Å². The SMILES string of the molecule is O=C(O)C(NS(=O)(=O)c1ccc(F)cc1[N+](=O)[O-])C1CC1. The molecule has 8 nitrogen and oxygen atoms in total. The molecule has 0 heterocycles. The molecule has 1 fully saturated rings. The number of carbonyl (C=O) groups is 1. The Hall–Kier alpha value is -2.07. The summed E-state index contributed by atoms with van der Waals surface area (Å²) in [5, 5.41) is 19.8. The number of nitro benzene ring substituents is 1. The van der Waals surface area contributed by atoms with Crippen LogP contribution in [0.1, 0.15) is 12.8 Å². The zero-order valence-electron chi connectivity index (χ0n) is 10.5. The molecule has 1 saturated carbocycles. The van der Waals surface area contributed by atoms with E-state index in [0.29, 0.717) is 18.9 Å². The van der Waals surface area contributed by atoms with Gasteiger partial charge in [-0.15, -0.1) is 0 Å². The molecule has 114 valence electrons. The first-order chi connectivity index (χ1) is 9.72. The fourth-order valence-corrected chi connectivity index (χ4v) is 3.28. The molecule has 1 aromatic carbocycles. The number of sulfonamides is 1. The van der Waals surface area contributed by atoms with Gasteiger partial charge in [0.2, 0.25) is 10.0 Å². The van der Waals surface area contributed by atoms with Crippen molar-refractivity contribution in [3.8, 4) is 0 Å².